The molecule has 3 nitrogen and oxygen atoms in total. The Kier molecular flexibility index (Phi) is 4.58. The van der Waals surface area contributed by atoms with Crippen molar-refractivity contribution in [1.29, 1.82) is 0 Å². The van der Waals surface area contributed by atoms with Crippen molar-refractivity contribution in [3.8, 4) is 5.75 Å². The van der Waals surface area contributed by atoms with Gasteiger partial charge in [-0.1, -0.05) is 30.3 Å². The fourth-order valence-electron chi connectivity index (χ4n) is 3.24. The molecule has 3 rings (SSSR count). The molecule has 1 saturated heterocycles. The van der Waals surface area contributed by atoms with Crippen LogP contribution in [0.4, 0.5) is 0 Å². The lowest BCUT2D eigenvalue weighted by atomic mass is 9.89. The molecule has 0 aliphatic carbocycles. The predicted molar refractivity (Wildman–Crippen MR) is 87.9 cm³/mol. The fraction of sp³-hybridized carbons (Fsp3) is 0.412. The first-order chi connectivity index (χ1) is 10.3. The third-order valence-electron chi connectivity index (χ3n) is 4.34. The SMILES string of the molecule is COc1ccsc1CN1C[C@@H](CN)[C@H](c2ccccc2)C1. The van der Waals surface area contributed by atoms with Gasteiger partial charge in [0.2, 0.25) is 0 Å². The largest absolute Gasteiger partial charge is 0.496 e. The van der Waals surface area contributed by atoms with Crippen LogP contribution in [-0.4, -0.2) is 31.6 Å². The topological polar surface area (TPSA) is 38.5 Å². The molecule has 112 valence electrons. The van der Waals surface area contributed by atoms with Gasteiger partial charge in [0.05, 0.1) is 12.0 Å². The lowest BCUT2D eigenvalue weighted by molar-refractivity contribution is 0.312. The van der Waals surface area contributed by atoms with Gasteiger partial charge in [-0.25, -0.2) is 0 Å². The molecular weight excluding hydrogens is 280 g/mol. The molecule has 0 amide bonds. The molecule has 1 fully saturated rings. The van der Waals surface area contributed by atoms with E-state index in [1.165, 1.54) is 10.4 Å². The normalized spacial score (nSPS) is 22.6. The van der Waals surface area contributed by atoms with Crippen molar-refractivity contribution in [1.82, 2.24) is 4.90 Å². The zero-order valence-corrected chi connectivity index (χ0v) is 13.2. The number of hydrogen-bond acceptors (Lipinski definition) is 4. The molecular formula is C17H22N2OS. The van der Waals surface area contributed by atoms with Crippen LogP contribution < -0.4 is 10.5 Å². The standard InChI is InChI=1S/C17H22N2OS/c1-20-16-7-8-21-17(16)12-19-10-14(9-18)15(11-19)13-5-3-2-4-6-13/h2-8,14-15H,9-12,18H2,1H3/t14-,15+/m1/s1. The Hall–Kier alpha value is -1.36. The van der Waals surface area contributed by atoms with Crippen LogP contribution in [0.1, 0.15) is 16.4 Å². The molecule has 0 saturated carbocycles. The van der Waals surface area contributed by atoms with Crippen LogP contribution in [0.25, 0.3) is 0 Å². The molecule has 0 radical (unpaired) electrons. The zero-order chi connectivity index (χ0) is 14.7. The lowest BCUT2D eigenvalue weighted by Gasteiger charge is -2.16. The molecule has 0 unspecified atom stereocenters. The molecule has 2 heterocycles. The van der Waals surface area contributed by atoms with Crippen molar-refractivity contribution in [3.05, 3.63) is 52.2 Å². The van der Waals surface area contributed by atoms with Gasteiger partial charge in [0.1, 0.15) is 5.75 Å². The maximum absolute atomic E-state index is 6.00. The second-order valence-corrected chi connectivity index (χ2v) is 6.62. The van der Waals surface area contributed by atoms with Crippen LogP contribution in [0.3, 0.4) is 0 Å². The van der Waals surface area contributed by atoms with Crippen LogP contribution in [0, 0.1) is 5.92 Å². The molecule has 2 aromatic rings. The minimum absolute atomic E-state index is 0.540. The van der Waals surface area contributed by atoms with E-state index < -0.39 is 0 Å². The molecule has 1 aliphatic heterocycles. The number of benzene rings is 1. The van der Waals surface area contributed by atoms with Gasteiger partial charge >= 0.3 is 0 Å². The van der Waals surface area contributed by atoms with Crippen molar-refractivity contribution in [2.75, 3.05) is 26.7 Å². The Balaban J connectivity index is 1.72. The Morgan fingerprint density at radius 3 is 2.76 bits per heavy atom. The highest BCUT2D eigenvalue weighted by atomic mass is 32.1. The van der Waals surface area contributed by atoms with Crippen LogP contribution in [0.5, 0.6) is 5.75 Å². The van der Waals surface area contributed by atoms with E-state index in [1.807, 2.05) is 6.07 Å². The average Bonchev–Trinajstić information content (AvgIpc) is 3.14. The van der Waals surface area contributed by atoms with E-state index in [0.717, 1.165) is 31.9 Å². The number of methoxy groups -OCH3 is 1. The van der Waals surface area contributed by atoms with Crippen LogP contribution in [-0.2, 0) is 6.54 Å². The summed E-state index contributed by atoms with van der Waals surface area (Å²) in [4.78, 5) is 3.81. The van der Waals surface area contributed by atoms with E-state index in [9.17, 15) is 0 Å². The van der Waals surface area contributed by atoms with Gasteiger partial charge in [0, 0.05) is 25.6 Å². The molecule has 0 bridgehead atoms. The number of rotatable bonds is 5. The minimum atomic E-state index is 0.540. The monoisotopic (exact) mass is 302 g/mol. The van der Waals surface area contributed by atoms with Crippen molar-refractivity contribution >= 4 is 11.3 Å². The first-order valence-corrected chi connectivity index (χ1v) is 8.27. The predicted octanol–water partition coefficient (Wildman–Crippen LogP) is 2.93. The number of nitrogens with two attached hydrogens (primary N) is 1. The number of likely N-dealkylation sites (tertiary alicyclic amines) is 1. The molecule has 2 N–H and O–H groups in total. The quantitative estimate of drug-likeness (QED) is 0.923. The van der Waals surface area contributed by atoms with Crippen LogP contribution in [0.2, 0.25) is 0 Å². The maximum atomic E-state index is 6.00. The highest BCUT2D eigenvalue weighted by Gasteiger charge is 2.33. The van der Waals surface area contributed by atoms with E-state index in [1.54, 1.807) is 18.4 Å². The average molecular weight is 302 g/mol. The van der Waals surface area contributed by atoms with E-state index >= 15 is 0 Å². The highest BCUT2D eigenvalue weighted by molar-refractivity contribution is 7.10. The van der Waals surface area contributed by atoms with Gasteiger partial charge in [-0.3, -0.25) is 4.90 Å². The summed E-state index contributed by atoms with van der Waals surface area (Å²) < 4.78 is 5.42. The first kappa shape index (κ1) is 14.6. The number of nitrogens with zero attached hydrogens (tertiary/aromatic N) is 1. The summed E-state index contributed by atoms with van der Waals surface area (Å²) in [5, 5.41) is 2.10. The Labute approximate surface area is 130 Å². The van der Waals surface area contributed by atoms with Gasteiger partial charge in [-0.05, 0) is 29.5 Å². The Morgan fingerprint density at radius 2 is 2.05 bits per heavy atom. The molecule has 1 aromatic carbocycles. The second-order valence-electron chi connectivity index (χ2n) is 5.62. The van der Waals surface area contributed by atoms with Crippen LogP contribution >= 0.6 is 11.3 Å². The number of ether oxygens (including phenoxy) is 1. The summed E-state index contributed by atoms with van der Waals surface area (Å²) in [6, 6.07) is 12.8. The van der Waals surface area contributed by atoms with Gasteiger partial charge < -0.3 is 10.5 Å². The number of thiophene rings is 1. The first-order valence-electron chi connectivity index (χ1n) is 7.39. The third-order valence-corrected chi connectivity index (χ3v) is 5.23. The van der Waals surface area contributed by atoms with Crippen molar-refractivity contribution < 1.29 is 4.74 Å². The molecule has 2 atom stereocenters. The summed E-state index contributed by atoms with van der Waals surface area (Å²) in [5.74, 6) is 2.09. The minimum Gasteiger partial charge on any atom is -0.496 e. The Morgan fingerprint density at radius 1 is 1.24 bits per heavy atom. The third kappa shape index (κ3) is 3.12. The molecule has 1 aromatic heterocycles. The molecule has 0 spiro atoms. The zero-order valence-electron chi connectivity index (χ0n) is 12.4. The summed E-state index contributed by atoms with van der Waals surface area (Å²) in [5.41, 5.74) is 7.42. The van der Waals surface area contributed by atoms with Crippen molar-refractivity contribution in [3.63, 3.8) is 0 Å². The summed E-state index contributed by atoms with van der Waals surface area (Å²) in [7, 11) is 1.74. The van der Waals surface area contributed by atoms with Crippen molar-refractivity contribution in [2.45, 2.75) is 12.5 Å². The maximum Gasteiger partial charge on any atom is 0.134 e. The van der Waals surface area contributed by atoms with E-state index in [4.69, 9.17) is 10.5 Å². The second kappa shape index (κ2) is 6.60. The Bertz CT molecular complexity index is 569. The summed E-state index contributed by atoms with van der Waals surface area (Å²) in [6.07, 6.45) is 0. The van der Waals surface area contributed by atoms with Gasteiger partial charge in [-0.2, -0.15) is 0 Å². The highest BCUT2D eigenvalue weighted by Crippen LogP contribution is 2.34. The molecule has 1 aliphatic rings. The lowest BCUT2D eigenvalue weighted by Crippen LogP contribution is -2.23. The van der Waals surface area contributed by atoms with Gasteiger partial charge in [0.25, 0.3) is 0 Å². The molecule has 4 heteroatoms. The smallest absolute Gasteiger partial charge is 0.134 e. The van der Waals surface area contributed by atoms with Gasteiger partial charge in [-0.15, -0.1) is 11.3 Å². The van der Waals surface area contributed by atoms with Crippen LogP contribution in [0.15, 0.2) is 41.8 Å². The summed E-state index contributed by atoms with van der Waals surface area (Å²) >= 11 is 1.77. The van der Waals surface area contributed by atoms with Crippen molar-refractivity contribution in [2.24, 2.45) is 11.7 Å². The fourth-order valence-corrected chi connectivity index (χ4v) is 4.12. The van der Waals surface area contributed by atoms with E-state index in [2.05, 4.69) is 40.6 Å². The van der Waals surface area contributed by atoms with E-state index in [0.29, 0.717) is 11.8 Å². The van der Waals surface area contributed by atoms with Gasteiger partial charge in [0.15, 0.2) is 0 Å². The number of hydrogen-bond donors (Lipinski definition) is 1. The molecule has 21 heavy (non-hydrogen) atoms. The summed E-state index contributed by atoms with van der Waals surface area (Å²) in [6.45, 7) is 3.85. The van der Waals surface area contributed by atoms with E-state index in [-0.39, 0.29) is 0 Å².